The van der Waals surface area contributed by atoms with Crippen LogP contribution in [0.5, 0.6) is 0 Å². The van der Waals surface area contributed by atoms with Crippen LogP contribution in [0.25, 0.3) is 55.0 Å². The number of aromatic nitrogens is 2. The Morgan fingerprint density at radius 1 is 0.605 bits per heavy atom. The van der Waals surface area contributed by atoms with E-state index in [1.807, 2.05) is 12.4 Å². The summed E-state index contributed by atoms with van der Waals surface area (Å²) in [7, 11) is 0. The fourth-order valence-electron chi connectivity index (χ4n) is 5.86. The molecule has 43 heavy (non-hydrogen) atoms. The average Bonchev–Trinajstić information content (AvgIpc) is 3.69. The van der Waals surface area contributed by atoms with Gasteiger partial charge in [-0.15, -0.1) is 23.5 Å². The Kier molecular flexibility index (Phi) is 6.07. The van der Waals surface area contributed by atoms with Crippen molar-refractivity contribution in [2.45, 2.75) is 38.8 Å². The smallest absolute Gasteiger partial charge is 0.136 e. The van der Waals surface area contributed by atoms with Crippen LogP contribution in [0.4, 0.5) is 0 Å². The van der Waals surface area contributed by atoms with Crippen molar-refractivity contribution < 1.29 is 4.42 Å². The Balaban J connectivity index is 1.19. The highest BCUT2D eigenvalue weighted by molar-refractivity contribution is 8.15. The summed E-state index contributed by atoms with van der Waals surface area (Å²) in [6, 6.07) is 25.6. The van der Waals surface area contributed by atoms with E-state index in [2.05, 4.69) is 100 Å². The average molecular weight is 599 g/mol. The van der Waals surface area contributed by atoms with E-state index < -0.39 is 0 Å². The standard InChI is InChI=1S/C36H30N4OS2/c1-35(2)19-42-33(39-35)28-13-10-22(17-37-28)21-9-12-26-30(15-21)41-31-16-27(24-7-5-6-8-25(24)32(26)31)23-11-14-29(38-18-23)34-40-36(3,4)20-43-34/h5-18H,19-20H2,1-4H3. The molecule has 0 radical (unpaired) electrons. The first-order valence-electron chi connectivity index (χ1n) is 14.5. The highest BCUT2D eigenvalue weighted by atomic mass is 32.2. The van der Waals surface area contributed by atoms with Gasteiger partial charge in [0.25, 0.3) is 0 Å². The third-order valence-corrected chi connectivity index (χ3v) is 10.9. The lowest BCUT2D eigenvalue weighted by Crippen LogP contribution is -2.15. The maximum absolute atomic E-state index is 6.55. The summed E-state index contributed by atoms with van der Waals surface area (Å²) in [5.41, 5.74) is 7.84. The lowest BCUT2D eigenvalue weighted by atomic mass is 9.95. The first kappa shape index (κ1) is 26.7. The highest BCUT2D eigenvalue weighted by Crippen LogP contribution is 2.41. The van der Waals surface area contributed by atoms with E-state index in [-0.39, 0.29) is 11.1 Å². The summed E-state index contributed by atoms with van der Waals surface area (Å²) in [6.07, 6.45) is 3.90. The Hall–Kier alpha value is -3.94. The number of furan rings is 1. The molecular formula is C36H30N4OS2. The minimum absolute atomic E-state index is 0.0297. The highest BCUT2D eigenvalue weighted by Gasteiger charge is 2.28. The van der Waals surface area contributed by atoms with Crippen LogP contribution in [0.3, 0.4) is 0 Å². The molecule has 6 aromatic rings. The molecule has 0 fully saturated rings. The summed E-state index contributed by atoms with van der Waals surface area (Å²) >= 11 is 3.56. The molecular weight excluding hydrogens is 569 g/mol. The number of pyridine rings is 2. The zero-order valence-electron chi connectivity index (χ0n) is 24.5. The zero-order chi connectivity index (χ0) is 29.3. The second-order valence-corrected chi connectivity index (χ2v) is 14.5. The number of hydrogen-bond donors (Lipinski definition) is 0. The van der Waals surface area contributed by atoms with E-state index >= 15 is 0 Å². The number of nitrogens with zero attached hydrogens (tertiary/aromatic N) is 4. The minimum atomic E-state index is -0.0376. The van der Waals surface area contributed by atoms with E-state index in [0.717, 1.165) is 77.2 Å². The first-order valence-corrected chi connectivity index (χ1v) is 16.5. The molecule has 3 aromatic heterocycles. The van der Waals surface area contributed by atoms with Gasteiger partial charge in [-0.3, -0.25) is 20.0 Å². The summed E-state index contributed by atoms with van der Waals surface area (Å²) in [5, 5.41) is 6.64. The predicted octanol–water partition coefficient (Wildman–Crippen LogP) is 9.41. The van der Waals surface area contributed by atoms with Crippen LogP contribution in [0.15, 0.2) is 99.6 Å². The monoisotopic (exact) mass is 598 g/mol. The van der Waals surface area contributed by atoms with Crippen molar-refractivity contribution in [3.05, 3.63) is 96.6 Å². The fraction of sp³-hybridized carbons (Fsp3) is 0.222. The van der Waals surface area contributed by atoms with Crippen molar-refractivity contribution in [3.8, 4) is 22.3 Å². The van der Waals surface area contributed by atoms with Gasteiger partial charge in [-0.1, -0.05) is 42.5 Å². The van der Waals surface area contributed by atoms with Gasteiger partial charge in [0, 0.05) is 45.8 Å². The van der Waals surface area contributed by atoms with E-state index in [0.29, 0.717) is 0 Å². The molecule has 212 valence electrons. The summed E-state index contributed by atoms with van der Waals surface area (Å²) in [6.45, 7) is 8.65. The molecule has 2 aliphatic heterocycles. The van der Waals surface area contributed by atoms with Crippen molar-refractivity contribution in [1.82, 2.24) is 9.97 Å². The number of benzene rings is 3. The molecule has 0 aliphatic carbocycles. The molecule has 5 heterocycles. The number of rotatable bonds is 4. The second kappa shape index (κ2) is 9.79. The van der Waals surface area contributed by atoms with Gasteiger partial charge in [-0.25, -0.2) is 0 Å². The van der Waals surface area contributed by atoms with Crippen molar-refractivity contribution in [3.63, 3.8) is 0 Å². The van der Waals surface area contributed by atoms with E-state index in [9.17, 15) is 0 Å². The first-order chi connectivity index (χ1) is 20.7. The number of hydrogen-bond acceptors (Lipinski definition) is 7. The maximum atomic E-state index is 6.55. The van der Waals surface area contributed by atoms with Crippen LogP contribution in [0.1, 0.15) is 39.1 Å². The third-order valence-electron chi connectivity index (χ3n) is 8.02. The molecule has 3 aromatic carbocycles. The number of aliphatic imine (C=N–C) groups is 2. The molecule has 5 nitrogen and oxygen atoms in total. The second-order valence-electron chi connectivity index (χ2n) is 12.6. The van der Waals surface area contributed by atoms with Crippen molar-refractivity contribution in [2.24, 2.45) is 9.98 Å². The Morgan fingerprint density at radius 3 is 1.79 bits per heavy atom. The third kappa shape index (κ3) is 4.75. The topological polar surface area (TPSA) is 63.6 Å². The van der Waals surface area contributed by atoms with E-state index in [1.165, 1.54) is 10.8 Å². The van der Waals surface area contributed by atoms with Crippen LogP contribution >= 0.6 is 23.5 Å². The number of thioether (sulfide) groups is 2. The molecule has 0 saturated carbocycles. The summed E-state index contributed by atoms with van der Waals surface area (Å²) < 4.78 is 6.55. The lowest BCUT2D eigenvalue weighted by molar-refractivity contribution is 0.604. The van der Waals surface area contributed by atoms with Gasteiger partial charge in [0.2, 0.25) is 0 Å². The summed E-state index contributed by atoms with van der Waals surface area (Å²) in [5.74, 6) is 1.97. The van der Waals surface area contributed by atoms with Gasteiger partial charge >= 0.3 is 0 Å². The predicted molar refractivity (Wildman–Crippen MR) is 184 cm³/mol. The molecule has 7 heteroatoms. The fourth-order valence-corrected chi connectivity index (χ4v) is 8.13. The molecule has 0 unspecified atom stereocenters. The van der Waals surface area contributed by atoms with Gasteiger partial charge < -0.3 is 4.42 Å². The van der Waals surface area contributed by atoms with E-state index in [4.69, 9.17) is 24.4 Å². The largest absolute Gasteiger partial charge is 0.456 e. The van der Waals surface area contributed by atoms with Crippen molar-refractivity contribution >= 4 is 66.3 Å². The molecule has 0 amide bonds. The molecule has 0 spiro atoms. The van der Waals surface area contributed by atoms with Crippen LogP contribution in [0.2, 0.25) is 0 Å². The van der Waals surface area contributed by atoms with Gasteiger partial charge in [0.05, 0.1) is 22.5 Å². The van der Waals surface area contributed by atoms with Crippen LogP contribution in [0, 0.1) is 0 Å². The molecule has 8 rings (SSSR count). The van der Waals surface area contributed by atoms with Crippen LogP contribution in [-0.2, 0) is 0 Å². The quantitative estimate of drug-likeness (QED) is 0.202. The van der Waals surface area contributed by atoms with Crippen LogP contribution in [-0.4, -0.2) is 42.6 Å². The van der Waals surface area contributed by atoms with Gasteiger partial charge in [-0.2, -0.15) is 0 Å². The maximum Gasteiger partial charge on any atom is 0.136 e. The van der Waals surface area contributed by atoms with Crippen LogP contribution < -0.4 is 0 Å². The molecule has 0 N–H and O–H groups in total. The molecule has 0 saturated heterocycles. The van der Waals surface area contributed by atoms with Crippen molar-refractivity contribution in [1.29, 1.82) is 0 Å². The normalized spacial score (nSPS) is 17.6. The van der Waals surface area contributed by atoms with Crippen molar-refractivity contribution in [2.75, 3.05) is 11.5 Å². The molecule has 0 bridgehead atoms. The van der Waals surface area contributed by atoms with Gasteiger partial charge in [0.1, 0.15) is 21.3 Å². The minimum Gasteiger partial charge on any atom is -0.456 e. The zero-order valence-corrected chi connectivity index (χ0v) is 26.1. The van der Waals surface area contributed by atoms with Gasteiger partial charge in [0.15, 0.2) is 0 Å². The van der Waals surface area contributed by atoms with Gasteiger partial charge in [-0.05, 0) is 79.9 Å². The Labute approximate surface area is 258 Å². The Bertz CT molecular complexity index is 2120. The summed E-state index contributed by atoms with van der Waals surface area (Å²) in [4.78, 5) is 19.3. The molecule has 0 atom stereocenters. The number of fused-ring (bicyclic) bond motifs is 5. The molecule has 2 aliphatic rings. The Morgan fingerprint density at radius 2 is 1.21 bits per heavy atom. The SMILES string of the molecule is CC1(C)CSC(c2ccc(-c3ccc4c(c3)oc3cc(-c5ccc(C6=NC(C)(C)CS6)nc5)c5ccccc5c34)cn2)=N1. The lowest BCUT2D eigenvalue weighted by Gasteiger charge is -2.10. The van der Waals surface area contributed by atoms with E-state index in [1.54, 1.807) is 23.5 Å².